The first-order chi connectivity index (χ1) is 16.0. The number of likely N-dealkylation sites (tertiary alicyclic amines) is 1. The van der Waals surface area contributed by atoms with E-state index < -0.39 is 18.1 Å². The Balaban J connectivity index is 1.57. The molecule has 4 rings (SSSR count). The SMILES string of the molecule is COC(=O)[C@@H]1CCCN1C(=O)c1ccc(OC(c2ccc(Cl)cc2)c2ccccc2Cl)nc1. The molecule has 0 aliphatic carbocycles. The molecule has 0 saturated carbocycles. The number of nitrogens with zero attached hydrogens (tertiary/aromatic N) is 2. The molecule has 1 amide bonds. The van der Waals surface area contributed by atoms with E-state index in [1.165, 1.54) is 18.2 Å². The van der Waals surface area contributed by atoms with Crippen LogP contribution in [0.25, 0.3) is 0 Å². The van der Waals surface area contributed by atoms with Crippen molar-refractivity contribution in [2.24, 2.45) is 0 Å². The molecule has 170 valence electrons. The maximum Gasteiger partial charge on any atom is 0.328 e. The highest BCUT2D eigenvalue weighted by atomic mass is 35.5. The van der Waals surface area contributed by atoms with E-state index in [-0.39, 0.29) is 5.91 Å². The molecule has 0 spiro atoms. The number of pyridine rings is 1. The molecule has 1 aromatic heterocycles. The zero-order valence-corrected chi connectivity index (χ0v) is 19.4. The van der Waals surface area contributed by atoms with Gasteiger partial charge >= 0.3 is 5.97 Å². The van der Waals surface area contributed by atoms with Gasteiger partial charge in [0.2, 0.25) is 5.88 Å². The summed E-state index contributed by atoms with van der Waals surface area (Å²) in [4.78, 5) is 30.8. The van der Waals surface area contributed by atoms with Crippen molar-refractivity contribution in [2.45, 2.75) is 25.0 Å². The van der Waals surface area contributed by atoms with Crippen molar-refractivity contribution >= 4 is 35.1 Å². The van der Waals surface area contributed by atoms with Crippen molar-refractivity contribution < 1.29 is 19.1 Å². The van der Waals surface area contributed by atoms with E-state index >= 15 is 0 Å². The minimum absolute atomic E-state index is 0.262. The van der Waals surface area contributed by atoms with Crippen molar-refractivity contribution in [3.8, 4) is 5.88 Å². The van der Waals surface area contributed by atoms with E-state index in [2.05, 4.69) is 4.98 Å². The van der Waals surface area contributed by atoms with Crippen molar-refractivity contribution in [3.63, 3.8) is 0 Å². The van der Waals surface area contributed by atoms with Gasteiger partial charge in [0.15, 0.2) is 6.10 Å². The number of amides is 1. The molecule has 1 unspecified atom stereocenters. The van der Waals surface area contributed by atoms with Crippen molar-refractivity contribution in [1.82, 2.24) is 9.88 Å². The van der Waals surface area contributed by atoms with Crippen LogP contribution in [-0.4, -0.2) is 41.5 Å². The Labute approximate surface area is 202 Å². The molecule has 1 aliphatic rings. The van der Waals surface area contributed by atoms with Gasteiger partial charge < -0.3 is 14.4 Å². The first kappa shape index (κ1) is 23.1. The van der Waals surface area contributed by atoms with E-state index in [4.69, 9.17) is 32.7 Å². The van der Waals surface area contributed by atoms with Crippen LogP contribution in [0.4, 0.5) is 0 Å². The van der Waals surface area contributed by atoms with Crippen LogP contribution in [0.15, 0.2) is 66.9 Å². The number of carbonyl (C=O) groups is 2. The zero-order valence-electron chi connectivity index (χ0n) is 17.9. The summed E-state index contributed by atoms with van der Waals surface area (Å²) in [5.41, 5.74) is 2.01. The highest BCUT2D eigenvalue weighted by molar-refractivity contribution is 6.31. The van der Waals surface area contributed by atoms with Crippen LogP contribution in [0.1, 0.15) is 40.4 Å². The highest BCUT2D eigenvalue weighted by Gasteiger charge is 2.35. The quantitative estimate of drug-likeness (QED) is 0.442. The Bertz CT molecular complexity index is 1140. The summed E-state index contributed by atoms with van der Waals surface area (Å²) in [5.74, 6) is -0.334. The Morgan fingerprint density at radius 1 is 1.06 bits per heavy atom. The molecule has 2 aromatic carbocycles. The first-order valence-corrected chi connectivity index (χ1v) is 11.2. The fourth-order valence-corrected chi connectivity index (χ4v) is 4.25. The van der Waals surface area contributed by atoms with Crippen molar-refractivity contribution in [2.75, 3.05) is 13.7 Å². The summed E-state index contributed by atoms with van der Waals surface area (Å²) in [6.45, 7) is 0.502. The standard InChI is InChI=1S/C25H22Cl2N2O4/c1-32-25(31)21-7-4-14-29(21)24(30)17-10-13-22(28-15-17)33-23(16-8-11-18(26)12-9-16)19-5-2-3-6-20(19)27/h2-3,5-6,8-13,15,21,23H,4,7,14H2,1H3/t21-,23?/m0/s1. The molecule has 3 aromatic rings. The topological polar surface area (TPSA) is 68.7 Å². The fraction of sp³-hybridized carbons (Fsp3) is 0.240. The van der Waals surface area contributed by atoms with E-state index in [0.717, 1.165) is 17.5 Å². The molecular weight excluding hydrogens is 463 g/mol. The summed E-state index contributed by atoms with van der Waals surface area (Å²) >= 11 is 12.5. The molecule has 1 saturated heterocycles. The van der Waals surface area contributed by atoms with Crippen LogP contribution in [0.5, 0.6) is 5.88 Å². The van der Waals surface area contributed by atoms with Crippen LogP contribution in [0.3, 0.4) is 0 Å². The van der Waals surface area contributed by atoms with Crippen LogP contribution < -0.4 is 4.74 Å². The van der Waals surface area contributed by atoms with Crippen LogP contribution in [0, 0.1) is 0 Å². The molecule has 2 heterocycles. The number of benzene rings is 2. The maximum atomic E-state index is 12.9. The van der Waals surface area contributed by atoms with Gasteiger partial charge in [-0.15, -0.1) is 0 Å². The predicted octanol–water partition coefficient (Wildman–Crippen LogP) is 5.33. The lowest BCUT2D eigenvalue weighted by molar-refractivity contribution is -0.145. The number of carbonyl (C=O) groups excluding carboxylic acids is 2. The summed E-state index contributed by atoms with van der Waals surface area (Å²) in [5, 5.41) is 1.18. The van der Waals surface area contributed by atoms with E-state index in [9.17, 15) is 9.59 Å². The Morgan fingerprint density at radius 2 is 1.82 bits per heavy atom. The molecule has 33 heavy (non-hydrogen) atoms. The molecule has 2 atom stereocenters. The minimum atomic E-state index is -0.562. The van der Waals surface area contributed by atoms with Gasteiger partial charge in [-0.1, -0.05) is 53.5 Å². The fourth-order valence-electron chi connectivity index (χ4n) is 3.89. The molecule has 0 radical (unpaired) electrons. The van der Waals surface area contributed by atoms with E-state index in [1.807, 2.05) is 30.3 Å². The summed E-state index contributed by atoms with van der Waals surface area (Å²) in [6, 6.07) is 17.4. The molecule has 8 heteroatoms. The lowest BCUT2D eigenvalue weighted by Crippen LogP contribution is -2.41. The van der Waals surface area contributed by atoms with Gasteiger partial charge in [-0.2, -0.15) is 0 Å². The third-order valence-electron chi connectivity index (χ3n) is 5.57. The summed E-state index contributed by atoms with van der Waals surface area (Å²) in [7, 11) is 1.33. The number of ether oxygens (including phenoxy) is 2. The maximum absolute atomic E-state index is 12.9. The third kappa shape index (κ3) is 5.13. The predicted molar refractivity (Wildman–Crippen MR) is 126 cm³/mol. The minimum Gasteiger partial charge on any atom is -0.467 e. The average Bonchev–Trinajstić information content (AvgIpc) is 3.33. The molecule has 1 fully saturated rings. The lowest BCUT2D eigenvalue weighted by atomic mass is 10.0. The smallest absolute Gasteiger partial charge is 0.328 e. The second-order valence-electron chi connectivity index (χ2n) is 7.64. The van der Waals surface area contributed by atoms with E-state index in [0.29, 0.717) is 34.5 Å². The summed E-state index contributed by atoms with van der Waals surface area (Å²) in [6.07, 6.45) is 2.27. The van der Waals surface area contributed by atoms with E-state index in [1.54, 1.807) is 30.3 Å². The Kier molecular flexibility index (Phi) is 7.16. The van der Waals surface area contributed by atoms with Gasteiger partial charge in [-0.3, -0.25) is 4.79 Å². The number of halogens is 2. The molecule has 1 aliphatic heterocycles. The van der Waals surface area contributed by atoms with Crippen LogP contribution in [0.2, 0.25) is 10.0 Å². The molecule has 0 bridgehead atoms. The van der Waals surface area contributed by atoms with Gasteiger partial charge in [0.1, 0.15) is 6.04 Å². The lowest BCUT2D eigenvalue weighted by Gasteiger charge is -2.23. The highest BCUT2D eigenvalue weighted by Crippen LogP contribution is 2.33. The Hall–Kier alpha value is -3.09. The number of rotatable bonds is 6. The second kappa shape index (κ2) is 10.2. The van der Waals surface area contributed by atoms with Gasteiger partial charge in [-0.05, 0) is 42.7 Å². The zero-order chi connectivity index (χ0) is 23.4. The first-order valence-electron chi connectivity index (χ1n) is 10.5. The van der Waals surface area contributed by atoms with Crippen molar-refractivity contribution in [1.29, 1.82) is 0 Å². The monoisotopic (exact) mass is 484 g/mol. The number of esters is 1. The number of methoxy groups -OCH3 is 1. The Morgan fingerprint density at radius 3 is 2.48 bits per heavy atom. The van der Waals surface area contributed by atoms with Gasteiger partial charge in [-0.25, -0.2) is 9.78 Å². The van der Waals surface area contributed by atoms with Crippen LogP contribution >= 0.6 is 23.2 Å². The third-order valence-corrected chi connectivity index (χ3v) is 6.17. The summed E-state index contributed by atoms with van der Waals surface area (Å²) < 4.78 is 11.0. The number of hydrogen-bond donors (Lipinski definition) is 0. The number of hydrogen-bond acceptors (Lipinski definition) is 5. The normalized spacial score (nSPS) is 16.3. The molecular formula is C25H22Cl2N2O4. The van der Waals surface area contributed by atoms with Gasteiger partial charge in [0, 0.05) is 34.4 Å². The van der Waals surface area contributed by atoms with Crippen molar-refractivity contribution in [3.05, 3.63) is 93.6 Å². The second-order valence-corrected chi connectivity index (χ2v) is 8.48. The van der Waals surface area contributed by atoms with Gasteiger partial charge in [0.05, 0.1) is 12.7 Å². The number of aromatic nitrogens is 1. The van der Waals surface area contributed by atoms with Gasteiger partial charge in [0.25, 0.3) is 5.91 Å². The molecule has 0 N–H and O–H groups in total. The average molecular weight is 485 g/mol. The van der Waals surface area contributed by atoms with Crippen LogP contribution in [-0.2, 0) is 9.53 Å². The largest absolute Gasteiger partial charge is 0.467 e. The molecule has 6 nitrogen and oxygen atoms in total.